The first kappa shape index (κ1) is 13.7. The maximum atomic E-state index is 11.4. The number of hydrogen-bond acceptors (Lipinski definition) is 5. The minimum Gasteiger partial charge on any atom is -0.465 e. The van der Waals surface area contributed by atoms with Crippen LogP contribution in [-0.2, 0) is 6.54 Å². The van der Waals surface area contributed by atoms with Gasteiger partial charge in [-0.05, 0) is 19.1 Å². The summed E-state index contributed by atoms with van der Waals surface area (Å²) in [4.78, 5) is 31.5. The Morgan fingerprint density at radius 1 is 1.40 bits per heavy atom. The van der Waals surface area contributed by atoms with E-state index in [2.05, 4.69) is 20.2 Å². The molecule has 0 fully saturated rings. The maximum absolute atomic E-state index is 11.4. The van der Waals surface area contributed by atoms with Crippen LogP contribution in [0.1, 0.15) is 24.5 Å². The summed E-state index contributed by atoms with van der Waals surface area (Å²) in [5, 5.41) is 15.4. The highest BCUT2D eigenvalue weighted by Crippen LogP contribution is 2.18. The SMILES string of the molecule is C[C@@H](c1ncccn1)N(Cc1ccc(=O)[nH]n1)C(=O)O. The number of aromatic amines is 1. The van der Waals surface area contributed by atoms with Crippen LogP contribution in [0.25, 0.3) is 0 Å². The number of nitrogens with one attached hydrogen (secondary N) is 1. The molecule has 0 radical (unpaired) electrons. The van der Waals surface area contributed by atoms with Crippen molar-refractivity contribution < 1.29 is 9.90 Å². The van der Waals surface area contributed by atoms with Crippen molar-refractivity contribution in [3.8, 4) is 0 Å². The maximum Gasteiger partial charge on any atom is 0.408 e. The van der Waals surface area contributed by atoms with Crippen LogP contribution in [-0.4, -0.2) is 36.3 Å². The van der Waals surface area contributed by atoms with E-state index in [1.165, 1.54) is 12.1 Å². The molecule has 2 heterocycles. The Bertz CT molecular complexity index is 623. The predicted molar refractivity (Wildman–Crippen MR) is 68.9 cm³/mol. The monoisotopic (exact) mass is 275 g/mol. The fourth-order valence-electron chi connectivity index (χ4n) is 1.67. The van der Waals surface area contributed by atoms with E-state index in [-0.39, 0.29) is 12.1 Å². The summed E-state index contributed by atoms with van der Waals surface area (Å²) in [6, 6.07) is 3.91. The second-order valence-electron chi connectivity index (χ2n) is 4.11. The zero-order valence-electron chi connectivity index (χ0n) is 10.7. The predicted octanol–water partition coefficient (Wildman–Crippen LogP) is 0.801. The smallest absolute Gasteiger partial charge is 0.408 e. The Morgan fingerprint density at radius 3 is 2.65 bits per heavy atom. The molecule has 8 nitrogen and oxygen atoms in total. The molecule has 0 aliphatic rings. The van der Waals surface area contributed by atoms with Crippen LogP contribution in [0.2, 0.25) is 0 Å². The number of aromatic nitrogens is 4. The first-order valence-corrected chi connectivity index (χ1v) is 5.89. The van der Waals surface area contributed by atoms with E-state index in [1.54, 1.807) is 25.4 Å². The minimum absolute atomic E-state index is 0.0333. The van der Waals surface area contributed by atoms with Gasteiger partial charge in [-0.2, -0.15) is 5.10 Å². The lowest BCUT2D eigenvalue weighted by Crippen LogP contribution is -2.33. The summed E-state index contributed by atoms with van der Waals surface area (Å²) in [7, 11) is 0. The zero-order chi connectivity index (χ0) is 14.5. The van der Waals surface area contributed by atoms with Crippen molar-refractivity contribution in [2.75, 3.05) is 0 Å². The van der Waals surface area contributed by atoms with E-state index in [9.17, 15) is 14.7 Å². The van der Waals surface area contributed by atoms with Crippen molar-refractivity contribution in [3.63, 3.8) is 0 Å². The van der Waals surface area contributed by atoms with Gasteiger partial charge in [-0.25, -0.2) is 19.9 Å². The molecule has 2 N–H and O–H groups in total. The van der Waals surface area contributed by atoms with Crippen molar-refractivity contribution >= 4 is 6.09 Å². The van der Waals surface area contributed by atoms with E-state index < -0.39 is 12.1 Å². The van der Waals surface area contributed by atoms with Crippen molar-refractivity contribution in [2.24, 2.45) is 0 Å². The second kappa shape index (κ2) is 5.91. The van der Waals surface area contributed by atoms with Crippen molar-refractivity contribution in [1.29, 1.82) is 0 Å². The Kier molecular flexibility index (Phi) is 4.04. The third-order valence-corrected chi connectivity index (χ3v) is 2.74. The average molecular weight is 275 g/mol. The van der Waals surface area contributed by atoms with Gasteiger partial charge in [-0.15, -0.1) is 0 Å². The Labute approximate surface area is 114 Å². The van der Waals surface area contributed by atoms with Crippen molar-refractivity contribution in [2.45, 2.75) is 19.5 Å². The molecule has 104 valence electrons. The molecule has 0 aliphatic heterocycles. The van der Waals surface area contributed by atoms with Gasteiger partial charge in [-0.1, -0.05) is 0 Å². The van der Waals surface area contributed by atoms with Crippen LogP contribution >= 0.6 is 0 Å². The molecule has 8 heteroatoms. The molecule has 0 bridgehead atoms. The van der Waals surface area contributed by atoms with Crippen LogP contribution in [0.15, 0.2) is 35.4 Å². The van der Waals surface area contributed by atoms with E-state index in [0.717, 1.165) is 4.90 Å². The fraction of sp³-hybridized carbons (Fsp3) is 0.250. The molecule has 0 unspecified atom stereocenters. The summed E-state index contributed by atoms with van der Waals surface area (Å²) in [6.45, 7) is 1.72. The van der Waals surface area contributed by atoms with E-state index >= 15 is 0 Å². The van der Waals surface area contributed by atoms with Crippen molar-refractivity contribution in [3.05, 3.63) is 52.5 Å². The van der Waals surface area contributed by atoms with Crippen LogP contribution in [0.3, 0.4) is 0 Å². The van der Waals surface area contributed by atoms with Gasteiger partial charge in [0, 0.05) is 18.5 Å². The van der Waals surface area contributed by atoms with Gasteiger partial charge in [0.15, 0.2) is 5.82 Å². The van der Waals surface area contributed by atoms with Gasteiger partial charge < -0.3 is 5.11 Å². The summed E-state index contributed by atoms with van der Waals surface area (Å²) in [6.07, 6.45) is 1.99. The average Bonchev–Trinajstić information content (AvgIpc) is 2.46. The molecule has 1 atom stereocenters. The lowest BCUT2D eigenvalue weighted by molar-refractivity contribution is 0.121. The molecule has 1 amide bonds. The Morgan fingerprint density at radius 2 is 2.10 bits per heavy atom. The first-order chi connectivity index (χ1) is 9.58. The van der Waals surface area contributed by atoms with E-state index in [0.29, 0.717) is 11.5 Å². The molecule has 0 saturated carbocycles. The standard InChI is InChI=1S/C12H13N5O3/c1-8(11-13-5-2-6-14-11)17(12(19)20)7-9-3-4-10(18)16-15-9/h2-6,8H,7H2,1H3,(H,16,18)(H,19,20)/t8-/m0/s1. The summed E-state index contributed by atoms with van der Waals surface area (Å²) in [5.41, 5.74) is 0.102. The van der Waals surface area contributed by atoms with Gasteiger partial charge in [0.2, 0.25) is 0 Å². The number of H-pyrrole nitrogens is 1. The molecule has 20 heavy (non-hydrogen) atoms. The highest BCUT2D eigenvalue weighted by molar-refractivity contribution is 5.65. The lowest BCUT2D eigenvalue weighted by Gasteiger charge is -2.24. The summed E-state index contributed by atoms with van der Waals surface area (Å²) in [5.74, 6) is 0.402. The summed E-state index contributed by atoms with van der Waals surface area (Å²) < 4.78 is 0. The number of amides is 1. The first-order valence-electron chi connectivity index (χ1n) is 5.89. The third kappa shape index (κ3) is 3.16. The van der Waals surface area contributed by atoms with E-state index in [1.807, 2.05) is 0 Å². The number of rotatable bonds is 4. The molecule has 0 aliphatic carbocycles. The molecule has 2 aromatic heterocycles. The summed E-state index contributed by atoms with van der Waals surface area (Å²) >= 11 is 0. The van der Waals surface area contributed by atoms with Crippen LogP contribution in [0.4, 0.5) is 4.79 Å². The Balaban J connectivity index is 2.21. The second-order valence-corrected chi connectivity index (χ2v) is 4.11. The quantitative estimate of drug-likeness (QED) is 0.853. The lowest BCUT2D eigenvalue weighted by atomic mass is 10.2. The molecular weight excluding hydrogens is 262 g/mol. The minimum atomic E-state index is -1.11. The van der Waals surface area contributed by atoms with Gasteiger partial charge in [0.05, 0.1) is 18.3 Å². The number of carbonyl (C=O) groups is 1. The van der Waals surface area contributed by atoms with Crippen LogP contribution in [0, 0.1) is 0 Å². The van der Waals surface area contributed by atoms with Gasteiger partial charge in [-0.3, -0.25) is 9.69 Å². The Hall–Kier alpha value is -2.77. The molecule has 2 aromatic rings. The normalized spacial score (nSPS) is 11.8. The van der Waals surface area contributed by atoms with Gasteiger partial charge >= 0.3 is 6.09 Å². The molecular formula is C12H13N5O3. The molecule has 0 aromatic carbocycles. The van der Waals surface area contributed by atoms with Gasteiger partial charge in [0.1, 0.15) is 0 Å². The zero-order valence-corrected chi connectivity index (χ0v) is 10.7. The fourth-order valence-corrected chi connectivity index (χ4v) is 1.67. The van der Waals surface area contributed by atoms with Crippen LogP contribution in [0.5, 0.6) is 0 Å². The van der Waals surface area contributed by atoms with E-state index in [4.69, 9.17) is 0 Å². The third-order valence-electron chi connectivity index (χ3n) is 2.74. The van der Waals surface area contributed by atoms with Crippen LogP contribution < -0.4 is 5.56 Å². The highest BCUT2D eigenvalue weighted by Gasteiger charge is 2.23. The largest absolute Gasteiger partial charge is 0.465 e. The molecule has 0 saturated heterocycles. The van der Waals surface area contributed by atoms with Gasteiger partial charge in [0.25, 0.3) is 5.56 Å². The number of nitrogens with zero attached hydrogens (tertiary/aromatic N) is 4. The van der Waals surface area contributed by atoms with Crippen molar-refractivity contribution in [1.82, 2.24) is 25.1 Å². The molecule has 2 rings (SSSR count). The molecule has 0 spiro atoms. The number of carboxylic acid groups (broad SMARTS) is 1. The number of hydrogen-bond donors (Lipinski definition) is 2. The highest BCUT2D eigenvalue weighted by atomic mass is 16.4. The topological polar surface area (TPSA) is 112 Å².